The van der Waals surface area contributed by atoms with Crippen LogP contribution in [0.1, 0.15) is 12.5 Å². The van der Waals surface area contributed by atoms with E-state index in [9.17, 15) is 8.42 Å². The fourth-order valence-corrected chi connectivity index (χ4v) is 2.72. The van der Waals surface area contributed by atoms with Crippen molar-refractivity contribution in [3.05, 3.63) is 66.7 Å². The van der Waals surface area contributed by atoms with Gasteiger partial charge in [0.05, 0.1) is 4.90 Å². The maximum atomic E-state index is 12.1. The zero-order valence-corrected chi connectivity index (χ0v) is 11.4. The van der Waals surface area contributed by atoms with Crippen molar-refractivity contribution in [3.8, 4) is 0 Å². The van der Waals surface area contributed by atoms with Crippen molar-refractivity contribution >= 4 is 21.3 Å². The molecule has 98 valence electrons. The Kier molecular flexibility index (Phi) is 3.71. The Morgan fingerprint density at radius 1 is 1.00 bits per heavy atom. The summed E-state index contributed by atoms with van der Waals surface area (Å²) in [6, 6.07) is 15.4. The monoisotopic (exact) mass is 273 g/mol. The third kappa shape index (κ3) is 3.23. The van der Waals surface area contributed by atoms with E-state index in [1.54, 1.807) is 42.5 Å². The minimum atomic E-state index is -3.52. The Morgan fingerprint density at radius 2 is 1.58 bits per heavy atom. The Hall–Kier alpha value is -2.07. The zero-order chi connectivity index (χ0) is 13.9. The second kappa shape index (κ2) is 5.28. The smallest absolute Gasteiger partial charge is 0.261 e. The standard InChI is InChI=1S/C15H15NO2S/c1-12(2)13-8-10-14(11-9-13)16-19(17,18)15-6-4-3-5-7-15/h3-11,16H,1H2,2H3. The maximum Gasteiger partial charge on any atom is 0.261 e. The molecule has 0 amide bonds. The molecule has 0 bridgehead atoms. The molecule has 3 nitrogen and oxygen atoms in total. The molecule has 0 aliphatic carbocycles. The number of allylic oxidation sites excluding steroid dienone is 1. The molecule has 0 saturated carbocycles. The molecule has 0 spiro atoms. The number of hydrogen-bond acceptors (Lipinski definition) is 2. The largest absolute Gasteiger partial charge is 0.280 e. The Bertz CT molecular complexity index is 674. The predicted molar refractivity (Wildman–Crippen MR) is 78.4 cm³/mol. The number of benzene rings is 2. The maximum absolute atomic E-state index is 12.1. The lowest BCUT2D eigenvalue weighted by Crippen LogP contribution is -2.12. The minimum Gasteiger partial charge on any atom is -0.280 e. The molecule has 0 fully saturated rings. The average Bonchev–Trinajstić information content (AvgIpc) is 2.40. The van der Waals surface area contributed by atoms with Gasteiger partial charge < -0.3 is 0 Å². The van der Waals surface area contributed by atoms with Crippen LogP contribution in [0.15, 0.2) is 66.1 Å². The van der Waals surface area contributed by atoms with Crippen molar-refractivity contribution in [2.45, 2.75) is 11.8 Å². The van der Waals surface area contributed by atoms with Gasteiger partial charge in [-0.3, -0.25) is 4.72 Å². The van der Waals surface area contributed by atoms with E-state index in [0.29, 0.717) is 5.69 Å². The van der Waals surface area contributed by atoms with Gasteiger partial charge in [0.15, 0.2) is 0 Å². The summed E-state index contributed by atoms with van der Waals surface area (Å²) in [6.07, 6.45) is 0. The van der Waals surface area contributed by atoms with E-state index in [4.69, 9.17) is 0 Å². The SMILES string of the molecule is C=C(C)c1ccc(NS(=O)(=O)c2ccccc2)cc1. The van der Waals surface area contributed by atoms with Gasteiger partial charge in [0.25, 0.3) is 10.0 Å². The lowest BCUT2D eigenvalue weighted by Gasteiger charge is -2.08. The molecule has 4 heteroatoms. The Balaban J connectivity index is 2.24. The molecule has 1 N–H and O–H groups in total. The van der Waals surface area contributed by atoms with Crippen LogP contribution in [0.2, 0.25) is 0 Å². The zero-order valence-electron chi connectivity index (χ0n) is 10.6. The topological polar surface area (TPSA) is 46.2 Å². The number of nitrogens with one attached hydrogen (secondary N) is 1. The second-order valence-electron chi connectivity index (χ2n) is 4.28. The van der Waals surface area contributed by atoms with E-state index in [1.165, 1.54) is 0 Å². The molecule has 0 radical (unpaired) electrons. The first kappa shape index (κ1) is 13.4. The van der Waals surface area contributed by atoms with Crippen LogP contribution in [-0.2, 0) is 10.0 Å². The van der Waals surface area contributed by atoms with Gasteiger partial charge >= 0.3 is 0 Å². The third-order valence-electron chi connectivity index (χ3n) is 2.68. The molecule has 2 aromatic carbocycles. The van der Waals surface area contributed by atoms with Crippen LogP contribution in [0.4, 0.5) is 5.69 Å². The third-order valence-corrected chi connectivity index (χ3v) is 4.08. The summed E-state index contributed by atoms with van der Waals surface area (Å²) in [5.41, 5.74) is 2.47. The van der Waals surface area contributed by atoms with E-state index in [0.717, 1.165) is 11.1 Å². The normalized spacial score (nSPS) is 11.0. The van der Waals surface area contributed by atoms with Gasteiger partial charge in [-0.1, -0.05) is 42.5 Å². The van der Waals surface area contributed by atoms with Gasteiger partial charge in [0.1, 0.15) is 0 Å². The first-order valence-corrected chi connectivity index (χ1v) is 7.31. The van der Waals surface area contributed by atoms with E-state index in [-0.39, 0.29) is 4.90 Å². The molecule has 2 aromatic rings. The summed E-state index contributed by atoms with van der Waals surface area (Å²) in [7, 11) is -3.52. The van der Waals surface area contributed by atoms with E-state index < -0.39 is 10.0 Å². The Labute approximate surface area is 113 Å². The first-order valence-electron chi connectivity index (χ1n) is 5.83. The predicted octanol–water partition coefficient (Wildman–Crippen LogP) is 3.52. The quantitative estimate of drug-likeness (QED) is 0.926. The summed E-state index contributed by atoms with van der Waals surface area (Å²) in [4.78, 5) is 0.249. The highest BCUT2D eigenvalue weighted by Gasteiger charge is 2.12. The molecule has 0 aliphatic heterocycles. The highest BCUT2D eigenvalue weighted by Crippen LogP contribution is 2.18. The molecule has 0 unspecified atom stereocenters. The molecule has 0 aliphatic rings. The van der Waals surface area contributed by atoms with Crippen LogP contribution >= 0.6 is 0 Å². The molecular weight excluding hydrogens is 258 g/mol. The van der Waals surface area contributed by atoms with E-state index >= 15 is 0 Å². The summed E-state index contributed by atoms with van der Waals surface area (Å²) in [6.45, 7) is 5.74. The molecule has 19 heavy (non-hydrogen) atoms. The van der Waals surface area contributed by atoms with Gasteiger partial charge in [-0.05, 0) is 36.8 Å². The minimum absolute atomic E-state index is 0.249. The van der Waals surface area contributed by atoms with Crippen LogP contribution in [-0.4, -0.2) is 8.42 Å². The van der Waals surface area contributed by atoms with Crippen molar-refractivity contribution in [2.75, 3.05) is 4.72 Å². The molecule has 0 aromatic heterocycles. The lowest BCUT2D eigenvalue weighted by atomic mass is 10.1. The molecular formula is C15H15NO2S. The van der Waals surface area contributed by atoms with E-state index in [2.05, 4.69) is 11.3 Å². The number of anilines is 1. The average molecular weight is 273 g/mol. The highest BCUT2D eigenvalue weighted by atomic mass is 32.2. The number of sulfonamides is 1. The highest BCUT2D eigenvalue weighted by molar-refractivity contribution is 7.92. The summed E-state index contributed by atoms with van der Waals surface area (Å²) < 4.78 is 26.7. The van der Waals surface area contributed by atoms with Crippen molar-refractivity contribution in [2.24, 2.45) is 0 Å². The van der Waals surface area contributed by atoms with Crippen LogP contribution in [0.25, 0.3) is 5.57 Å². The first-order chi connectivity index (χ1) is 8.99. The van der Waals surface area contributed by atoms with Crippen molar-refractivity contribution in [3.63, 3.8) is 0 Å². The fraction of sp³-hybridized carbons (Fsp3) is 0.0667. The van der Waals surface area contributed by atoms with Crippen LogP contribution in [0, 0.1) is 0 Å². The molecule has 0 saturated heterocycles. The van der Waals surface area contributed by atoms with Crippen LogP contribution < -0.4 is 4.72 Å². The summed E-state index contributed by atoms with van der Waals surface area (Å²) in [5, 5.41) is 0. The van der Waals surface area contributed by atoms with Gasteiger partial charge in [0, 0.05) is 5.69 Å². The van der Waals surface area contributed by atoms with E-state index in [1.807, 2.05) is 19.1 Å². The summed E-state index contributed by atoms with van der Waals surface area (Å²) in [5.74, 6) is 0. The van der Waals surface area contributed by atoms with Gasteiger partial charge in [-0.15, -0.1) is 0 Å². The molecule has 0 heterocycles. The van der Waals surface area contributed by atoms with Gasteiger partial charge in [-0.25, -0.2) is 8.42 Å². The van der Waals surface area contributed by atoms with Crippen molar-refractivity contribution in [1.82, 2.24) is 0 Å². The fourth-order valence-electron chi connectivity index (χ4n) is 1.64. The second-order valence-corrected chi connectivity index (χ2v) is 5.96. The molecule has 2 rings (SSSR count). The Morgan fingerprint density at radius 3 is 2.11 bits per heavy atom. The van der Waals surface area contributed by atoms with Gasteiger partial charge in [-0.2, -0.15) is 0 Å². The van der Waals surface area contributed by atoms with Crippen LogP contribution in [0.5, 0.6) is 0 Å². The van der Waals surface area contributed by atoms with Crippen molar-refractivity contribution in [1.29, 1.82) is 0 Å². The van der Waals surface area contributed by atoms with Crippen LogP contribution in [0.3, 0.4) is 0 Å². The lowest BCUT2D eigenvalue weighted by molar-refractivity contribution is 0.601. The number of hydrogen-bond donors (Lipinski definition) is 1. The number of rotatable bonds is 4. The molecule has 0 atom stereocenters. The van der Waals surface area contributed by atoms with Gasteiger partial charge in [0.2, 0.25) is 0 Å². The summed E-state index contributed by atoms with van der Waals surface area (Å²) >= 11 is 0. The van der Waals surface area contributed by atoms with Crippen molar-refractivity contribution < 1.29 is 8.42 Å².